The van der Waals surface area contributed by atoms with E-state index in [1.54, 1.807) is 13.0 Å². The Balaban J connectivity index is 1.69. The van der Waals surface area contributed by atoms with Crippen LogP contribution >= 0.6 is 0 Å². The number of hydrogen-bond donors (Lipinski definition) is 1. The third-order valence-corrected chi connectivity index (χ3v) is 8.15. The van der Waals surface area contributed by atoms with Gasteiger partial charge in [-0.25, -0.2) is 8.42 Å². The molecule has 0 unspecified atom stereocenters. The van der Waals surface area contributed by atoms with Crippen molar-refractivity contribution in [1.82, 2.24) is 9.62 Å². The molecule has 1 aliphatic rings. The molecule has 3 aromatic rings. The highest BCUT2D eigenvalue weighted by Gasteiger charge is 2.40. The molecule has 0 bridgehead atoms. The maximum absolute atomic E-state index is 13.8. The molecule has 0 aromatic heterocycles. The maximum atomic E-state index is 13.8. The number of nitrogens with zero attached hydrogens (tertiary/aromatic N) is 1. The van der Waals surface area contributed by atoms with E-state index in [4.69, 9.17) is 0 Å². The van der Waals surface area contributed by atoms with Gasteiger partial charge in [-0.05, 0) is 66.6 Å². The Hall–Kier alpha value is -2.96. The first-order valence-corrected chi connectivity index (χ1v) is 12.2. The van der Waals surface area contributed by atoms with Gasteiger partial charge >= 0.3 is 0 Å². The molecule has 1 N–H and O–H groups in total. The van der Waals surface area contributed by atoms with Crippen molar-refractivity contribution in [1.29, 1.82) is 0 Å². The van der Waals surface area contributed by atoms with Crippen molar-refractivity contribution in [3.63, 3.8) is 0 Å². The molecule has 1 atom stereocenters. The molecule has 0 radical (unpaired) electrons. The molecule has 5 nitrogen and oxygen atoms in total. The summed E-state index contributed by atoms with van der Waals surface area (Å²) < 4.78 is 28.9. The highest BCUT2D eigenvalue weighted by atomic mass is 32.2. The fraction of sp³-hybridized carbons (Fsp3) is 0.269. The van der Waals surface area contributed by atoms with Crippen LogP contribution in [0.5, 0.6) is 0 Å². The molecule has 4 rings (SSSR count). The van der Waals surface area contributed by atoms with Crippen molar-refractivity contribution < 1.29 is 13.2 Å². The van der Waals surface area contributed by atoms with Crippen LogP contribution in [-0.4, -0.2) is 24.7 Å². The highest BCUT2D eigenvalue weighted by Crippen LogP contribution is 2.31. The summed E-state index contributed by atoms with van der Waals surface area (Å²) in [6, 6.07) is 20.2. The summed E-state index contributed by atoms with van der Waals surface area (Å²) in [7, 11) is -3.87. The van der Waals surface area contributed by atoms with Crippen LogP contribution < -0.4 is 5.32 Å². The number of aryl methyl sites for hydroxylation is 3. The van der Waals surface area contributed by atoms with E-state index in [0.29, 0.717) is 18.5 Å². The quantitative estimate of drug-likeness (QED) is 0.641. The van der Waals surface area contributed by atoms with Gasteiger partial charge in [0, 0.05) is 13.1 Å². The molecule has 1 amide bonds. The van der Waals surface area contributed by atoms with Gasteiger partial charge in [-0.15, -0.1) is 0 Å². The Kier molecular flexibility index (Phi) is 6.17. The zero-order valence-corrected chi connectivity index (χ0v) is 19.4. The summed E-state index contributed by atoms with van der Waals surface area (Å²) in [5, 5.41) is 2.97. The van der Waals surface area contributed by atoms with Crippen molar-refractivity contribution in [2.24, 2.45) is 0 Å². The van der Waals surface area contributed by atoms with Crippen molar-refractivity contribution in [2.75, 3.05) is 0 Å². The lowest BCUT2D eigenvalue weighted by Gasteiger charge is -2.35. The SMILES string of the molecule is Cc1ccc(C)c(S(=O)(=O)N2Cc3ccccc3C[C@H]2C(=O)NCc2ccccc2C)c1. The summed E-state index contributed by atoms with van der Waals surface area (Å²) in [5.41, 5.74) is 5.59. The minimum absolute atomic E-state index is 0.175. The summed E-state index contributed by atoms with van der Waals surface area (Å²) in [6.45, 7) is 6.19. The van der Waals surface area contributed by atoms with Crippen LogP contribution in [0, 0.1) is 20.8 Å². The molecule has 32 heavy (non-hydrogen) atoms. The van der Waals surface area contributed by atoms with Gasteiger partial charge in [-0.3, -0.25) is 4.79 Å². The van der Waals surface area contributed by atoms with Crippen LogP contribution in [0.15, 0.2) is 71.6 Å². The predicted molar refractivity (Wildman–Crippen MR) is 126 cm³/mol. The molecule has 3 aromatic carbocycles. The Morgan fingerprint density at radius 2 is 1.62 bits per heavy atom. The Bertz CT molecular complexity index is 1270. The van der Waals surface area contributed by atoms with Crippen LogP contribution in [0.1, 0.15) is 33.4 Å². The van der Waals surface area contributed by atoms with E-state index in [1.165, 1.54) is 4.31 Å². The van der Waals surface area contributed by atoms with Gasteiger partial charge in [-0.2, -0.15) is 4.31 Å². The first-order chi connectivity index (χ1) is 15.3. The lowest BCUT2D eigenvalue weighted by Crippen LogP contribution is -2.52. The number of carbonyl (C=O) groups is 1. The second-order valence-electron chi connectivity index (χ2n) is 8.45. The van der Waals surface area contributed by atoms with E-state index >= 15 is 0 Å². The number of rotatable bonds is 5. The molecule has 0 fully saturated rings. The van der Waals surface area contributed by atoms with Crippen molar-refractivity contribution >= 4 is 15.9 Å². The van der Waals surface area contributed by atoms with Crippen LogP contribution in [0.2, 0.25) is 0 Å². The summed E-state index contributed by atoms with van der Waals surface area (Å²) in [5.74, 6) is -0.281. The second-order valence-corrected chi connectivity index (χ2v) is 10.3. The van der Waals surface area contributed by atoms with E-state index in [0.717, 1.165) is 27.8 Å². The number of fused-ring (bicyclic) bond motifs is 1. The van der Waals surface area contributed by atoms with E-state index in [9.17, 15) is 13.2 Å². The zero-order valence-electron chi connectivity index (χ0n) is 18.6. The van der Waals surface area contributed by atoms with Gasteiger partial charge in [0.2, 0.25) is 15.9 Å². The Labute approximate surface area is 190 Å². The first-order valence-electron chi connectivity index (χ1n) is 10.8. The number of amides is 1. The minimum Gasteiger partial charge on any atom is -0.351 e. The van der Waals surface area contributed by atoms with E-state index < -0.39 is 16.1 Å². The van der Waals surface area contributed by atoms with Crippen LogP contribution in [0.4, 0.5) is 0 Å². The topological polar surface area (TPSA) is 66.5 Å². The standard InChI is InChI=1S/C26H28N2O3S/c1-18-12-13-20(3)25(14-18)32(30,31)28-17-23-11-7-6-9-21(23)15-24(28)26(29)27-16-22-10-5-4-8-19(22)2/h4-14,24H,15-17H2,1-3H3,(H,27,29)/t24-/m0/s1. The molecule has 0 saturated carbocycles. The molecule has 0 saturated heterocycles. The second kappa shape index (κ2) is 8.88. The van der Waals surface area contributed by atoms with Gasteiger partial charge in [0.15, 0.2) is 0 Å². The molecule has 1 aliphatic heterocycles. The number of benzene rings is 3. The molecule has 6 heteroatoms. The number of nitrogens with one attached hydrogen (secondary N) is 1. The number of carbonyl (C=O) groups excluding carboxylic acids is 1. The summed E-state index contributed by atoms with van der Waals surface area (Å²) in [4.78, 5) is 13.6. The monoisotopic (exact) mass is 448 g/mol. The van der Waals surface area contributed by atoms with Gasteiger partial charge < -0.3 is 5.32 Å². The average Bonchev–Trinajstić information content (AvgIpc) is 2.79. The van der Waals surface area contributed by atoms with Gasteiger partial charge in [0.05, 0.1) is 4.90 Å². The average molecular weight is 449 g/mol. The van der Waals surface area contributed by atoms with E-state index in [1.807, 2.05) is 74.5 Å². The van der Waals surface area contributed by atoms with Gasteiger partial charge in [0.25, 0.3) is 0 Å². The summed E-state index contributed by atoms with van der Waals surface area (Å²) >= 11 is 0. The smallest absolute Gasteiger partial charge is 0.244 e. The third-order valence-electron chi connectivity index (χ3n) is 6.15. The first kappa shape index (κ1) is 22.2. The van der Waals surface area contributed by atoms with Crippen LogP contribution in [0.25, 0.3) is 0 Å². The lowest BCUT2D eigenvalue weighted by atomic mass is 9.95. The molecule has 0 spiro atoms. The normalized spacial score (nSPS) is 16.4. The fourth-order valence-electron chi connectivity index (χ4n) is 4.20. The largest absolute Gasteiger partial charge is 0.351 e. The van der Waals surface area contributed by atoms with Crippen molar-refractivity contribution in [3.05, 3.63) is 100 Å². The van der Waals surface area contributed by atoms with Crippen molar-refractivity contribution in [2.45, 2.75) is 51.2 Å². The zero-order chi connectivity index (χ0) is 22.9. The summed E-state index contributed by atoms with van der Waals surface area (Å²) in [6.07, 6.45) is 0.347. The Morgan fingerprint density at radius 1 is 0.938 bits per heavy atom. The van der Waals surface area contributed by atoms with Gasteiger partial charge in [-0.1, -0.05) is 60.7 Å². The Morgan fingerprint density at radius 3 is 2.38 bits per heavy atom. The van der Waals surface area contributed by atoms with Crippen LogP contribution in [-0.2, 0) is 34.3 Å². The maximum Gasteiger partial charge on any atom is 0.244 e. The molecule has 1 heterocycles. The molecular formula is C26H28N2O3S. The highest BCUT2D eigenvalue weighted by molar-refractivity contribution is 7.89. The van der Waals surface area contributed by atoms with Crippen LogP contribution in [0.3, 0.4) is 0 Å². The van der Waals surface area contributed by atoms with E-state index in [-0.39, 0.29) is 17.3 Å². The number of sulfonamides is 1. The minimum atomic E-state index is -3.87. The van der Waals surface area contributed by atoms with Gasteiger partial charge in [0.1, 0.15) is 6.04 Å². The third kappa shape index (κ3) is 4.33. The molecular weight excluding hydrogens is 420 g/mol. The molecule has 0 aliphatic carbocycles. The van der Waals surface area contributed by atoms with E-state index in [2.05, 4.69) is 5.32 Å². The number of hydrogen-bond acceptors (Lipinski definition) is 3. The predicted octanol–water partition coefficient (Wildman–Crippen LogP) is 4.04. The van der Waals surface area contributed by atoms with Crippen molar-refractivity contribution in [3.8, 4) is 0 Å². The molecule has 166 valence electrons. The fourth-order valence-corrected chi connectivity index (χ4v) is 6.07. The lowest BCUT2D eigenvalue weighted by molar-refractivity contribution is -0.125.